The molecule has 1 aliphatic rings. The highest BCUT2D eigenvalue weighted by atomic mass is 19.1. The summed E-state index contributed by atoms with van der Waals surface area (Å²) in [5.41, 5.74) is 1.03. The average Bonchev–Trinajstić information content (AvgIpc) is 2.49. The second-order valence-electron chi connectivity index (χ2n) is 7.95. The van der Waals surface area contributed by atoms with Crippen molar-refractivity contribution >= 4 is 5.91 Å². The molecular formula is C19H30FN3O. The molecule has 0 radical (unpaired) electrons. The number of piperazine rings is 1. The summed E-state index contributed by atoms with van der Waals surface area (Å²) < 4.78 is 13.3. The molecule has 2 rings (SSSR count). The molecule has 1 aromatic carbocycles. The van der Waals surface area contributed by atoms with Gasteiger partial charge in [-0.25, -0.2) is 4.39 Å². The largest absolute Gasteiger partial charge is 0.354 e. The van der Waals surface area contributed by atoms with E-state index in [9.17, 15) is 9.18 Å². The summed E-state index contributed by atoms with van der Waals surface area (Å²) in [6, 6.07) is 6.73. The second kappa shape index (κ2) is 8.08. The lowest BCUT2D eigenvalue weighted by Gasteiger charge is -2.38. The Hall–Kier alpha value is -1.46. The predicted molar refractivity (Wildman–Crippen MR) is 95.3 cm³/mol. The van der Waals surface area contributed by atoms with Crippen LogP contribution in [0.2, 0.25) is 0 Å². The summed E-state index contributed by atoms with van der Waals surface area (Å²) in [5.74, 6) is -0.156. The maximum Gasteiger partial charge on any atom is 0.220 e. The summed E-state index contributed by atoms with van der Waals surface area (Å²) in [7, 11) is 2.12. The Labute approximate surface area is 145 Å². The zero-order valence-electron chi connectivity index (χ0n) is 15.3. The quantitative estimate of drug-likeness (QED) is 0.899. The van der Waals surface area contributed by atoms with E-state index in [2.05, 4.69) is 42.9 Å². The number of likely N-dealkylation sites (N-methyl/N-ethyl adjacent to an activating group) is 1. The number of hydrogen-bond acceptors (Lipinski definition) is 3. The van der Waals surface area contributed by atoms with Crippen LogP contribution in [0.15, 0.2) is 24.3 Å². The number of carbonyl (C=O) groups excluding carboxylic acids is 1. The van der Waals surface area contributed by atoms with Crippen molar-refractivity contribution in [3.8, 4) is 0 Å². The molecule has 1 saturated heterocycles. The molecule has 4 nitrogen and oxygen atoms in total. The Bertz CT molecular complexity index is 531. The maximum atomic E-state index is 13.3. The van der Waals surface area contributed by atoms with Crippen LogP contribution in [0.1, 0.15) is 38.8 Å². The van der Waals surface area contributed by atoms with E-state index in [1.165, 1.54) is 12.1 Å². The van der Waals surface area contributed by atoms with E-state index in [1.54, 1.807) is 0 Å². The number of carbonyl (C=O) groups is 1. The van der Waals surface area contributed by atoms with Crippen molar-refractivity contribution in [3.05, 3.63) is 35.6 Å². The smallest absolute Gasteiger partial charge is 0.220 e. The molecule has 1 amide bonds. The lowest BCUT2D eigenvalue weighted by Crippen LogP contribution is -2.48. The van der Waals surface area contributed by atoms with Gasteiger partial charge < -0.3 is 10.2 Å². The number of halogens is 1. The molecule has 0 spiro atoms. The number of hydrogen-bond donors (Lipinski definition) is 1. The molecule has 0 bridgehead atoms. The van der Waals surface area contributed by atoms with E-state index in [0.29, 0.717) is 13.0 Å². The highest BCUT2D eigenvalue weighted by Crippen LogP contribution is 2.23. The van der Waals surface area contributed by atoms with Crippen LogP contribution < -0.4 is 5.32 Å². The molecule has 5 heteroatoms. The van der Waals surface area contributed by atoms with Gasteiger partial charge in [0.25, 0.3) is 0 Å². The summed E-state index contributed by atoms with van der Waals surface area (Å²) in [6.07, 6.45) is 0.506. The summed E-state index contributed by atoms with van der Waals surface area (Å²) in [5, 5.41) is 3.07. The van der Waals surface area contributed by atoms with Gasteiger partial charge in [-0.15, -0.1) is 0 Å². The molecule has 0 saturated carbocycles. The number of nitrogens with zero attached hydrogens (tertiary/aromatic N) is 2. The Morgan fingerprint density at radius 3 is 2.29 bits per heavy atom. The zero-order valence-corrected chi connectivity index (χ0v) is 15.3. The van der Waals surface area contributed by atoms with Gasteiger partial charge in [-0.1, -0.05) is 32.9 Å². The molecular weight excluding hydrogens is 305 g/mol. The van der Waals surface area contributed by atoms with E-state index in [4.69, 9.17) is 0 Å². The van der Waals surface area contributed by atoms with Crippen LogP contribution in [0.3, 0.4) is 0 Å². The van der Waals surface area contributed by atoms with E-state index < -0.39 is 0 Å². The molecule has 1 heterocycles. The summed E-state index contributed by atoms with van der Waals surface area (Å²) >= 11 is 0. The van der Waals surface area contributed by atoms with Crippen molar-refractivity contribution < 1.29 is 9.18 Å². The Morgan fingerprint density at radius 2 is 1.75 bits per heavy atom. The lowest BCUT2D eigenvalue weighted by atomic mass is 9.92. The van der Waals surface area contributed by atoms with Crippen LogP contribution in [0.25, 0.3) is 0 Å². The molecule has 1 atom stereocenters. The second-order valence-corrected chi connectivity index (χ2v) is 7.95. The van der Waals surface area contributed by atoms with Crippen LogP contribution in [0.5, 0.6) is 0 Å². The zero-order chi connectivity index (χ0) is 17.7. The minimum atomic E-state index is -0.229. The fourth-order valence-electron chi connectivity index (χ4n) is 3.03. The Balaban J connectivity index is 2.05. The molecule has 134 valence electrons. The number of rotatable bonds is 5. The van der Waals surface area contributed by atoms with Gasteiger partial charge in [-0.3, -0.25) is 9.69 Å². The summed E-state index contributed by atoms with van der Waals surface area (Å²) in [6.45, 7) is 10.7. The standard InChI is InChI=1S/C19H30FN3O/c1-19(2,3)13-18(24)21-14-17(15-5-7-16(20)8-6-15)23-11-9-22(4)10-12-23/h5-8,17H,9-14H2,1-4H3,(H,21,24). The van der Waals surface area contributed by atoms with Crippen LogP contribution in [0.4, 0.5) is 4.39 Å². The van der Waals surface area contributed by atoms with Crippen molar-refractivity contribution in [2.24, 2.45) is 5.41 Å². The minimum Gasteiger partial charge on any atom is -0.354 e. The Kier molecular flexibility index (Phi) is 6.35. The van der Waals surface area contributed by atoms with E-state index in [-0.39, 0.29) is 23.2 Å². The molecule has 1 aliphatic heterocycles. The third-order valence-corrected chi connectivity index (χ3v) is 4.42. The first-order valence-corrected chi connectivity index (χ1v) is 8.69. The van der Waals surface area contributed by atoms with Gasteiger partial charge >= 0.3 is 0 Å². The van der Waals surface area contributed by atoms with E-state index in [1.807, 2.05) is 12.1 Å². The third kappa shape index (κ3) is 5.87. The minimum absolute atomic E-state index is 0.0245. The first-order valence-electron chi connectivity index (χ1n) is 8.69. The maximum absolute atomic E-state index is 13.3. The number of benzene rings is 1. The van der Waals surface area contributed by atoms with Gasteiger partial charge in [0, 0.05) is 39.1 Å². The van der Waals surface area contributed by atoms with Crippen LogP contribution in [-0.4, -0.2) is 55.5 Å². The number of amides is 1. The van der Waals surface area contributed by atoms with Gasteiger partial charge in [-0.05, 0) is 30.2 Å². The van der Waals surface area contributed by atoms with Crippen molar-refractivity contribution in [1.82, 2.24) is 15.1 Å². The molecule has 1 unspecified atom stereocenters. The lowest BCUT2D eigenvalue weighted by molar-refractivity contribution is -0.123. The number of nitrogens with one attached hydrogen (secondary N) is 1. The third-order valence-electron chi connectivity index (χ3n) is 4.42. The van der Waals surface area contributed by atoms with Gasteiger partial charge in [0.15, 0.2) is 0 Å². The van der Waals surface area contributed by atoms with Crippen molar-refractivity contribution in [2.75, 3.05) is 39.8 Å². The van der Waals surface area contributed by atoms with Crippen LogP contribution in [-0.2, 0) is 4.79 Å². The average molecular weight is 335 g/mol. The van der Waals surface area contributed by atoms with Crippen LogP contribution in [0, 0.1) is 11.2 Å². The van der Waals surface area contributed by atoms with Gasteiger partial charge in [0.1, 0.15) is 5.82 Å². The van der Waals surface area contributed by atoms with Crippen molar-refractivity contribution in [3.63, 3.8) is 0 Å². The SMILES string of the molecule is CN1CCN(C(CNC(=O)CC(C)(C)C)c2ccc(F)cc2)CC1. The molecule has 1 aromatic rings. The molecule has 0 aliphatic carbocycles. The van der Waals surface area contributed by atoms with Gasteiger partial charge in [0.05, 0.1) is 6.04 Å². The predicted octanol–water partition coefficient (Wildman–Crippen LogP) is 2.67. The normalized spacial score (nSPS) is 18.4. The first-order chi connectivity index (χ1) is 11.2. The van der Waals surface area contributed by atoms with Crippen LogP contribution >= 0.6 is 0 Å². The highest BCUT2D eigenvalue weighted by Gasteiger charge is 2.25. The monoisotopic (exact) mass is 335 g/mol. The first kappa shape index (κ1) is 18.9. The molecule has 1 N–H and O–H groups in total. The fourth-order valence-corrected chi connectivity index (χ4v) is 3.03. The molecule has 1 fully saturated rings. The van der Waals surface area contributed by atoms with Crippen molar-refractivity contribution in [2.45, 2.75) is 33.2 Å². The fraction of sp³-hybridized carbons (Fsp3) is 0.632. The molecule has 24 heavy (non-hydrogen) atoms. The van der Waals surface area contributed by atoms with Gasteiger partial charge in [-0.2, -0.15) is 0 Å². The Morgan fingerprint density at radius 1 is 1.17 bits per heavy atom. The topological polar surface area (TPSA) is 35.6 Å². The highest BCUT2D eigenvalue weighted by molar-refractivity contribution is 5.76. The summed E-state index contributed by atoms with van der Waals surface area (Å²) in [4.78, 5) is 16.9. The van der Waals surface area contributed by atoms with E-state index in [0.717, 1.165) is 31.7 Å². The van der Waals surface area contributed by atoms with Crippen molar-refractivity contribution in [1.29, 1.82) is 0 Å². The molecule has 0 aromatic heterocycles. The van der Waals surface area contributed by atoms with E-state index >= 15 is 0 Å². The van der Waals surface area contributed by atoms with Gasteiger partial charge in [0.2, 0.25) is 5.91 Å².